The van der Waals surface area contributed by atoms with Gasteiger partial charge in [0, 0.05) is 6.42 Å². The third-order valence-corrected chi connectivity index (χ3v) is 5.08. The van der Waals surface area contributed by atoms with Crippen LogP contribution in [-0.2, 0) is 19.0 Å². The molecule has 0 aromatic heterocycles. The van der Waals surface area contributed by atoms with Gasteiger partial charge in [-0.1, -0.05) is 6.92 Å². The highest BCUT2D eigenvalue weighted by Gasteiger charge is 2.60. The van der Waals surface area contributed by atoms with Crippen LogP contribution in [0.4, 0.5) is 0 Å². The summed E-state index contributed by atoms with van der Waals surface area (Å²) in [5.74, 6) is -3.58. The second-order valence-electron chi connectivity index (χ2n) is 6.90. The van der Waals surface area contributed by atoms with Crippen LogP contribution in [0.3, 0.4) is 0 Å². The van der Waals surface area contributed by atoms with Crippen molar-refractivity contribution in [1.29, 1.82) is 0 Å². The molecule has 0 bridgehead atoms. The van der Waals surface area contributed by atoms with Crippen LogP contribution in [0.5, 0.6) is 0 Å². The lowest BCUT2D eigenvalue weighted by molar-refractivity contribution is -0.358. The average Bonchev–Trinajstić information content (AvgIpc) is 2.74. The fourth-order valence-corrected chi connectivity index (χ4v) is 3.40. The molecule has 2 saturated heterocycles. The number of aliphatic hydroxyl groups excluding tert-OH is 6. The van der Waals surface area contributed by atoms with Gasteiger partial charge in [0.2, 0.25) is 0 Å². The molecule has 0 radical (unpaired) electrons. The monoisotopic (exact) mass is 438 g/mol. The van der Waals surface area contributed by atoms with Gasteiger partial charge in [-0.3, -0.25) is 4.79 Å². The van der Waals surface area contributed by atoms with E-state index in [1.54, 1.807) is 0 Å². The molecule has 2 aliphatic heterocycles. The zero-order valence-electron chi connectivity index (χ0n) is 15.9. The number of carbonyl (C=O) groups excluding carboxylic acids is 1. The molecule has 0 aromatic carbocycles. The van der Waals surface area contributed by atoms with Crippen LogP contribution < -0.4 is 5.43 Å². The zero-order chi connectivity index (χ0) is 22.6. The van der Waals surface area contributed by atoms with Gasteiger partial charge >= 0.3 is 0 Å². The Labute approximate surface area is 170 Å². The maximum atomic E-state index is 12.2. The lowest BCUT2D eigenvalue weighted by Gasteiger charge is -2.48. The number of azide groups is 1. The Hall–Kier alpha value is -1.62. The lowest BCUT2D eigenvalue weighted by atomic mass is 9.87. The highest BCUT2D eigenvalue weighted by Crippen LogP contribution is 2.34. The van der Waals surface area contributed by atoms with Crippen LogP contribution in [-0.4, -0.2) is 116 Å². The minimum absolute atomic E-state index is 0.228. The normalized spacial score (nSPS) is 44.2. The van der Waals surface area contributed by atoms with E-state index in [1.165, 1.54) is 6.92 Å². The second-order valence-corrected chi connectivity index (χ2v) is 6.90. The number of aliphatic hydroxyl groups is 7. The van der Waals surface area contributed by atoms with Gasteiger partial charge in [0.15, 0.2) is 18.1 Å². The van der Waals surface area contributed by atoms with Crippen molar-refractivity contribution in [3.05, 3.63) is 10.4 Å². The third kappa shape index (κ3) is 4.51. The Morgan fingerprint density at radius 3 is 2.30 bits per heavy atom. The van der Waals surface area contributed by atoms with E-state index in [0.717, 1.165) is 0 Å². The summed E-state index contributed by atoms with van der Waals surface area (Å²) in [5, 5.41) is 73.2. The number of ketones is 1. The first-order valence-corrected chi connectivity index (χ1v) is 9.14. The molecule has 2 aliphatic rings. The summed E-state index contributed by atoms with van der Waals surface area (Å²) in [6, 6.07) is -1.74. The van der Waals surface area contributed by atoms with E-state index in [0.29, 0.717) is 0 Å². The molecule has 0 spiro atoms. The smallest absolute Gasteiger partial charge is 0.271 e. The second kappa shape index (κ2) is 10.1. The van der Waals surface area contributed by atoms with E-state index in [2.05, 4.69) is 15.6 Å². The molecule has 15 heteroatoms. The van der Waals surface area contributed by atoms with Gasteiger partial charge in [-0.2, -0.15) is 4.91 Å². The third-order valence-electron chi connectivity index (χ3n) is 5.08. The summed E-state index contributed by atoms with van der Waals surface area (Å²) in [6.45, 7) is -0.179. The molecule has 2 heterocycles. The summed E-state index contributed by atoms with van der Waals surface area (Å²) < 4.78 is 15.9. The van der Waals surface area contributed by atoms with E-state index in [9.17, 15) is 40.5 Å². The van der Waals surface area contributed by atoms with Crippen molar-refractivity contribution in [3.8, 4) is 0 Å². The van der Waals surface area contributed by atoms with E-state index in [-0.39, 0.29) is 6.42 Å². The Balaban J connectivity index is 2.32. The van der Waals surface area contributed by atoms with Gasteiger partial charge in [0.25, 0.3) is 5.79 Å². The van der Waals surface area contributed by atoms with Gasteiger partial charge in [-0.05, 0) is 5.22 Å². The van der Waals surface area contributed by atoms with Crippen LogP contribution in [0.1, 0.15) is 13.3 Å². The number of Topliss-reactive ketones (excluding diaryl/α,β-unsaturated/α-hetero) is 1. The maximum Gasteiger partial charge on any atom is 0.271 e. The van der Waals surface area contributed by atoms with Crippen molar-refractivity contribution in [2.75, 3.05) is 13.2 Å². The van der Waals surface area contributed by atoms with Crippen LogP contribution in [0.2, 0.25) is 0 Å². The molecule has 10 atom stereocenters. The van der Waals surface area contributed by atoms with Crippen molar-refractivity contribution in [2.24, 2.45) is 5.22 Å². The van der Waals surface area contributed by atoms with Crippen LogP contribution in [0.25, 0.3) is 10.4 Å². The first-order chi connectivity index (χ1) is 14.2. The number of nitrogens with zero attached hydrogens (tertiary/aromatic N) is 3. The van der Waals surface area contributed by atoms with Crippen molar-refractivity contribution in [1.82, 2.24) is 5.43 Å². The molecule has 30 heavy (non-hydrogen) atoms. The summed E-state index contributed by atoms with van der Waals surface area (Å²) in [5.41, 5.74) is 10.6. The van der Waals surface area contributed by atoms with Gasteiger partial charge in [-0.25, -0.2) is 5.43 Å². The molecular formula is C15H26N4O11. The predicted molar refractivity (Wildman–Crippen MR) is 92.9 cm³/mol. The predicted octanol–water partition coefficient (Wildman–Crippen LogP) is -4.23. The van der Waals surface area contributed by atoms with Gasteiger partial charge in [0.1, 0.15) is 42.7 Å². The number of ether oxygens (including phenoxy) is 3. The molecule has 0 aliphatic carbocycles. The molecule has 15 nitrogen and oxygen atoms in total. The Morgan fingerprint density at radius 2 is 1.77 bits per heavy atom. The van der Waals surface area contributed by atoms with E-state index in [4.69, 9.17) is 19.7 Å². The van der Waals surface area contributed by atoms with Crippen LogP contribution in [0.15, 0.2) is 5.22 Å². The Bertz CT molecular complexity index is 648. The van der Waals surface area contributed by atoms with Crippen LogP contribution >= 0.6 is 0 Å². The number of rotatable bonds is 8. The standard InChI is InChI=1S/C15H26N4O11/c1-2-7(22)15(27)13(17-19-18-16)11(26)12(6(4-21)30-15)29-14-10(25)9(24)8(23)5(3-20)28-14/h5-6,8-14,17,20-21,23-27H,2-4H2,1H3/t5-,6-,8+,9+,10-,11+,12-,13-,14+,15?/m1/s1. The fourth-order valence-electron chi connectivity index (χ4n) is 3.40. The van der Waals surface area contributed by atoms with Crippen LogP contribution in [0, 0.1) is 0 Å². The number of nitrogens with one attached hydrogen (secondary N) is 1. The van der Waals surface area contributed by atoms with Crippen molar-refractivity contribution < 1.29 is 54.8 Å². The minimum Gasteiger partial charge on any atom is -0.394 e. The van der Waals surface area contributed by atoms with Gasteiger partial charge in [0.05, 0.1) is 13.2 Å². The summed E-state index contributed by atoms with van der Waals surface area (Å²) in [4.78, 5) is 14.7. The van der Waals surface area contributed by atoms with Gasteiger partial charge in [-0.15, -0.1) is 5.53 Å². The quantitative estimate of drug-likeness (QED) is 0.0777. The fraction of sp³-hybridized carbons (Fsp3) is 0.933. The van der Waals surface area contributed by atoms with Crippen molar-refractivity contribution in [3.63, 3.8) is 0 Å². The van der Waals surface area contributed by atoms with Crippen molar-refractivity contribution >= 4 is 5.78 Å². The van der Waals surface area contributed by atoms with Gasteiger partial charge < -0.3 is 50.0 Å². The molecule has 172 valence electrons. The topological polar surface area (TPSA) is 247 Å². The largest absolute Gasteiger partial charge is 0.394 e. The number of hydrogen-bond donors (Lipinski definition) is 8. The molecule has 8 N–H and O–H groups in total. The average molecular weight is 438 g/mol. The van der Waals surface area contributed by atoms with E-state index in [1.807, 2.05) is 0 Å². The van der Waals surface area contributed by atoms with Crippen molar-refractivity contribution in [2.45, 2.75) is 74.2 Å². The number of hydrogen-bond acceptors (Lipinski definition) is 12. The Kier molecular flexibility index (Phi) is 8.32. The first kappa shape index (κ1) is 24.6. The minimum atomic E-state index is -2.69. The summed E-state index contributed by atoms with van der Waals surface area (Å²) >= 11 is 0. The molecule has 1 unspecified atom stereocenters. The summed E-state index contributed by atoms with van der Waals surface area (Å²) in [6.07, 6.45) is -13.4. The zero-order valence-corrected chi connectivity index (χ0v) is 15.9. The van der Waals surface area contributed by atoms with E-state index >= 15 is 0 Å². The highest BCUT2D eigenvalue weighted by molar-refractivity contribution is 5.86. The molecule has 2 fully saturated rings. The Morgan fingerprint density at radius 1 is 1.13 bits per heavy atom. The lowest BCUT2D eigenvalue weighted by Crippen LogP contribution is -2.72. The molecule has 0 amide bonds. The summed E-state index contributed by atoms with van der Waals surface area (Å²) in [7, 11) is 0. The highest BCUT2D eigenvalue weighted by atomic mass is 16.7. The van der Waals surface area contributed by atoms with E-state index < -0.39 is 79.8 Å². The molecular weight excluding hydrogens is 412 g/mol. The maximum absolute atomic E-state index is 12.2. The number of carbonyl (C=O) groups is 1. The SMILES string of the molecule is CCC(=O)C1(O)O[C@H](CO)[C@@H](O[C@@H]2O[C@H](CO)[C@H](O)[C@H](O)[C@H]2O)[C@H](O)[C@H]1NN=[N+]=[N-]. The molecule has 2 rings (SSSR count). The molecule has 0 aromatic rings. The first-order valence-electron chi connectivity index (χ1n) is 9.14. The molecule has 0 saturated carbocycles.